The van der Waals surface area contributed by atoms with Gasteiger partial charge in [0.05, 0.1) is 12.2 Å². The third-order valence-electron chi connectivity index (χ3n) is 2.37. The molecule has 0 fully saturated rings. The molecule has 1 aromatic rings. The lowest BCUT2D eigenvalue weighted by molar-refractivity contribution is 0.0526. The van der Waals surface area contributed by atoms with Crippen molar-refractivity contribution in [3.63, 3.8) is 0 Å². The van der Waals surface area contributed by atoms with E-state index in [0.717, 1.165) is 5.69 Å². The first kappa shape index (κ1) is 13.3. The molecule has 1 aromatic carbocycles. The van der Waals surface area contributed by atoms with Crippen LogP contribution in [0.1, 0.15) is 31.1 Å². The number of rotatable bonds is 5. The fraction of sp³-hybridized carbons (Fsp3) is 0.357. The number of hydrogen-bond donors (Lipinski definition) is 1. The molecule has 92 valence electrons. The third kappa shape index (κ3) is 3.94. The van der Waals surface area contributed by atoms with Gasteiger partial charge in [0.2, 0.25) is 0 Å². The van der Waals surface area contributed by atoms with Crippen molar-refractivity contribution in [2.75, 3.05) is 11.9 Å². The predicted octanol–water partition coefficient (Wildman–Crippen LogP) is 3.24. The quantitative estimate of drug-likeness (QED) is 0.626. The van der Waals surface area contributed by atoms with Crippen molar-refractivity contribution >= 4 is 11.7 Å². The summed E-state index contributed by atoms with van der Waals surface area (Å²) in [4.78, 5) is 11.4. The first-order valence-electron chi connectivity index (χ1n) is 5.67. The van der Waals surface area contributed by atoms with Gasteiger partial charge in [0, 0.05) is 11.2 Å². The van der Waals surface area contributed by atoms with Crippen LogP contribution < -0.4 is 5.32 Å². The van der Waals surface area contributed by atoms with E-state index in [0.29, 0.717) is 12.2 Å². The van der Waals surface area contributed by atoms with Gasteiger partial charge >= 0.3 is 5.97 Å². The SMILES string of the molecule is C=CC(C)(C)Nc1ccc(C(=O)OCC)cc1. The summed E-state index contributed by atoms with van der Waals surface area (Å²) < 4.78 is 4.91. The van der Waals surface area contributed by atoms with Gasteiger partial charge in [0.15, 0.2) is 0 Å². The Morgan fingerprint density at radius 2 is 2.00 bits per heavy atom. The van der Waals surface area contributed by atoms with Crippen molar-refractivity contribution in [2.45, 2.75) is 26.3 Å². The molecular formula is C14H19NO2. The molecule has 1 rings (SSSR count). The Morgan fingerprint density at radius 1 is 1.41 bits per heavy atom. The summed E-state index contributed by atoms with van der Waals surface area (Å²) in [6.45, 7) is 10.00. The molecule has 0 radical (unpaired) electrons. The van der Waals surface area contributed by atoms with E-state index < -0.39 is 0 Å². The average Bonchev–Trinajstić information content (AvgIpc) is 2.30. The first-order chi connectivity index (χ1) is 7.98. The Hall–Kier alpha value is -1.77. The summed E-state index contributed by atoms with van der Waals surface area (Å²) in [6, 6.07) is 7.22. The minimum atomic E-state index is -0.290. The molecule has 3 nitrogen and oxygen atoms in total. The van der Waals surface area contributed by atoms with Crippen LogP contribution in [0.5, 0.6) is 0 Å². The van der Waals surface area contributed by atoms with Gasteiger partial charge in [-0.05, 0) is 45.0 Å². The molecule has 0 aliphatic carbocycles. The van der Waals surface area contributed by atoms with Gasteiger partial charge in [-0.2, -0.15) is 0 Å². The number of benzene rings is 1. The highest BCUT2D eigenvalue weighted by molar-refractivity contribution is 5.89. The van der Waals surface area contributed by atoms with Crippen LogP contribution in [0.2, 0.25) is 0 Å². The summed E-state index contributed by atoms with van der Waals surface area (Å²) >= 11 is 0. The maximum Gasteiger partial charge on any atom is 0.338 e. The molecule has 0 heterocycles. The van der Waals surface area contributed by atoms with Crippen molar-refractivity contribution in [1.82, 2.24) is 0 Å². The molecular weight excluding hydrogens is 214 g/mol. The van der Waals surface area contributed by atoms with Gasteiger partial charge in [-0.3, -0.25) is 0 Å². The molecule has 1 N–H and O–H groups in total. The van der Waals surface area contributed by atoms with Gasteiger partial charge in [-0.25, -0.2) is 4.79 Å². The molecule has 0 aliphatic heterocycles. The lowest BCUT2D eigenvalue weighted by Gasteiger charge is -2.23. The zero-order chi connectivity index (χ0) is 12.9. The predicted molar refractivity (Wildman–Crippen MR) is 70.3 cm³/mol. The Bertz CT molecular complexity index is 393. The van der Waals surface area contributed by atoms with Crippen molar-refractivity contribution in [2.24, 2.45) is 0 Å². The molecule has 0 unspecified atom stereocenters. The van der Waals surface area contributed by atoms with E-state index >= 15 is 0 Å². The van der Waals surface area contributed by atoms with Crippen LogP contribution >= 0.6 is 0 Å². The number of ether oxygens (including phenoxy) is 1. The van der Waals surface area contributed by atoms with Gasteiger partial charge in [-0.15, -0.1) is 6.58 Å². The maximum absolute atomic E-state index is 11.4. The van der Waals surface area contributed by atoms with Crippen molar-refractivity contribution in [1.29, 1.82) is 0 Å². The zero-order valence-corrected chi connectivity index (χ0v) is 10.6. The smallest absolute Gasteiger partial charge is 0.338 e. The number of carbonyl (C=O) groups excluding carboxylic acids is 1. The van der Waals surface area contributed by atoms with Crippen LogP contribution in [-0.2, 0) is 4.74 Å². The lowest BCUT2D eigenvalue weighted by atomic mass is 10.1. The number of hydrogen-bond acceptors (Lipinski definition) is 3. The third-order valence-corrected chi connectivity index (χ3v) is 2.37. The first-order valence-corrected chi connectivity index (χ1v) is 5.67. The van der Waals surface area contributed by atoms with E-state index in [-0.39, 0.29) is 11.5 Å². The average molecular weight is 233 g/mol. The Morgan fingerprint density at radius 3 is 2.47 bits per heavy atom. The van der Waals surface area contributed by atoms with Crippen LogP contribution in [0.3, 0.4) is 0 Å². The van der Waals surface area contributed by atoms with Crippen molar-refractivity contribution in [3.05, 3.63) is 42.5 Å². The van der Waals surface area contributed by atoms with Crippen LogP contribution in [0, 0.1) is 0 Å². The highest BCUT2D eigenvalue weighted by atomic mass is 16.5. The summed E-state index contributed by atoms with van der Waals surface area (Å²) in [7, 11) is 0. The second kappa shape index (κ2) is 5.53. The normalized spacial score (nSPS) is 10.8. The molecule has 0 spiro atoms. The van der Waals surface area contributed by atoms with E-state index in [1.165, 1.54) is 0 Å². The summed E-state index contributed by atoms with van der Waals surface area (Å²) in [5, 5.41) is 3.30. The topological polar surface area (TPSA) is 38.3 Å². The van der Waals surface area contributed by atoms with Crippen LogP contribution in [0.15, 0.2) is 36.9 Å². The zero-order valence-electron chi connectivity index (χ0n) is 10.6. The van der Waals surface area contributed by atoms with E-state index in [1.54, 1.807) is 19.1 Å². The van der Waals surface area contributed by atoms with E-state index in [9.17, 15) is 4.79 Å². The minimum absolute atomic E-state index is 0.175. The monoisotopic (exact) mass is 233 g/mol. The molecule has 17 heavy (non-hydrogen) atoms. The molecule has 0 aromatic heterocycles. The van der Waals surface area contributed by atoms with E-state index in [1.807, 2.05) is 32.1 Å². The van der Waals surface area contributed by atoms with Gasteiger partial charge in [0.1, 0.15) is 0 Å². The molecule has 0 atom stereocenters. The second-order valence-electron chi connectivity index (χ2n) is 4.35. The van der Waals surface area contributed by atoms with Gasteiger partial charge < -0.3 is 10.1 Å². The standard InChI is InChI=1S/C14H19NO2/c1-5-14(3,4)15-12-9-7-11(8-10-12)13(16)17-6-2/h5,7-10,15H,1,6H2,2-4H3. The minimum Gasteiger partial charge on any atom is -0.462 e. The number of esters is 1. The maximum atomic E-state index is 11.4. The van der Waals surface area contributed by atoms with Crippen LogP contribution in [-0.4, -0.2) is 18.1 Å². The summed E-state index contributed by atoms with van der Waals surface area (Å²) in [5.74, 6) is -0.290. The molecule has 0 aliphatic rings. The number of anilines is 1. The Labute approximate surface area is 102 Å². The van der Waals surface area contributed by atoms with Gasteiger partial charge in [0.25, 0.3) is 0 Å². The van der Waals surface area contributed by atoms with E-state index in [2.05, 4.69) is 11.9 Å². The fourth-order valence-corrected chi connectivity index (χ4v) is 1.33. The molecule has 0 amide bonds. The molecule has 0 bridgehead atoms. The van der Waals surface area contributed by atoms with Crippen molar-refractivity contribution in [3.8, 4) is 0 Å². The number of carbonyl (C=O) groups is 1. The number of nitrogens with one attached hydrogen (secondary N) is 1. The van der Waals surface area contributed by atoms with Crippen molar-refractivity contribution < 1.29 is 9.53 Å². The summed E-state index contributed by atoms with van der Waals surface area (Å²) in [5.41, 5.74) is 1.34. The van der Waals surface area contributed by atoms with Gasteiger partial charge in [-0.1, -0.05) is 6.08 Å². The molecule has 0 saturated carbocycles. The largest absolute Gasteiger partial charge is 0.462 e. The highest BCUT2D eigenvalue weighted by Crippen LogP contribution is 2.16. The summed E-state index contributed by atoms with van der Waals surface area (Å²) in [6.07, 6.45) is 1.84. The lowest BCUT2D eigenvalue weighted by Crippen LogP contribution is -2.27. The second-order valence-corrected chi connectivity index (χ2v) is 4.35. The van der Waals surface area contributed by atoms with Crippen LogP contribution in [0.4, 0.5) is 5.69 Å². The Balaban J connectivity index is 2.75. The fourth-order valence-electron chi connectivity index (χ4n) is 1.33. The van der Waals surface area contributed by atoms with Crippen LogP contribution in [0.25, 0.3) is 0 Å². The highest BCUT2D eigenvalue weighted by Gasteiger charge is 2.12. The van der Waals surface area contributed by atoms with E-state index in [4.69, 9.17) is 4.74 Å². The molecule has 0 saturated heterocycles. The Kier molecular flexibility index (Phi) is 4.32. The molecule has 3 heteroatoms.